The van der Waals surface area contributed by atoms with Gasteiger partial charge in [0.15, 0.2) is 11.5 Å². The lowest BCUT2D eigenvalue weighted by Crippen LogP contribution is -2.00. The number of aliphatic hydroxyl groups excluding tert-OH is 1. The van der Waals surface area contributed by atoms with E-state index in [1.807, 2.05) is 0 Å². The van der Waals surface area contributed by atoms with E-state index in [0.29, 0.717) is 5.76 Å². The zero-order chi connectivity index (χ0) is 10.6. The summed E-state index contributed by atoms with van der Waals surface area (Å²) in [4.78, 5) is 10.9. The number of ether oxygens (including phenoxy) is 1. The average Bonchev–Trinajstić information content (AvgIpc) is 2.52. The molecule has 0 aliphatic carbocycles. The summed E-state index contributed by atoms with van der Waals surface area (Å²) in [5.74, 6) is 0.120. The van der Waals surface area contributed by atoms with Crippen LogP contribution in [-0.2, 0) is 9.53 Å². The monoisotopic (exact) mass is 196 g/mol. The summed E-state index contributed by atoms with van der Waals surface area (Å²) in [6.45, 7) is 3.72. The standard InChI is InChI=1S/C10H12O4/c1-3-13-10(12)6-8(11)9-5-4-7(2)14-9/h4-6,11H,3H2,1-2H3. The van der Waals surface area contributed by atoms with Gasteiger partial charge in [-0.2, -0.15) is 0 Å². The number of hydrogen-bond acceptors (Lipinski definition) is 4. The van der Waals surface area contributed by atoms with Gasteiger partial charge < -0.3 is 14.3 Å². The van der Waals surface area contributed by atoms with Crippen molar-refractivity contribution in [3.8, 4) is 0 Å². The number of rotatable bonds is 3. The van der Waals surface area contributed by atoms with Crippen LogP contribution in [0.2, 0.25) is 0 Å². The number of carbonyl (C=O) groups is 1. The second-order valence-electron chi connectivity index (χ2n) is 2.69. The van der Waals surface area contributed by atoms with Crippen molar-refractivity contribution in [1.29, 1.82) is 0 Å². The van der Waals surface area contributed by atoms with E-state index in [9.17, 15) is 9.90 Å². The molecule has 0 atom stereocenters. The van der Waals surface area contributed by atoms with Crippen molar-refractivity contribution in [2.45, 2.75) is 13.8 Å². The van der Waals surface area contributed by atoms with Crippen molar-refractivity contribution in [2.75, 3.05) is 6.61 Å². The Balaban J connectivity index is 2.74. The second kappa shape index (κ2) is 4.50. The number of hydrogen-bond donors (Lipinski definition) is 1. The third kappa shape index (κ3) is 2.65. The molecule has 0 unspecified atom stereocenters. The van der Waals surface area contributed by atoms with Gasteiger partial charge in [-0.1, -0.05) is 0 Å². The molecular formula is C10H12O4. The van der Waals surface area contributed by atoms with E-state index in [1.54, 1.807) is 26.0 Å². The lowest BCUT2D eigenvalue weighted by molar-refractivity contribution is -0.137. The molecule has 1 aromatic heterocycles. The van der Waals surface area contributed by atoms with Gasteiger partial charge in [0.25, 0.3) is 0 Å². The molecule has 76 valence electrons. The van der Waals surface area contributed by atoms with Crippen molar-refractivity contribution in [1.82, 2.24) is 0 Å². The van der Waals surface area contributed by atoms with Crippen LogP contribution in [0.15, 0.2) is 22.6 Å². The fourth-order valence-corrected chi connectivity index (χ4v) is 0.939. The van der Waals surface area contributed by atoms with E-state index >= 15 is 0 Å². The Morgan fingerprint density at radius 3 is 2.86 bits per heavy atom. The maximum atomic E-state index is 10.9. The van der Waals surface area contributed by atoms with E-state index in [2.05, 4.69) is 4.74 Å². The Morgan fingerprint density at radius 1 is 1.64 bits per heavy atom. The highest BCUT2D eigenvalue weighted by Gasteiger charge is 2.06. The Hall–Kier alpha value is -1.71. The molecular weight excluding hydrogens is 184 g/mol. The number of aliphatic hydroxyl groups is 1. The molecule has 1 aromatic rings. The van der Waals surface area contributed by atoms with Crippen molar-refractivity contribution >= 4 is 11.7 Å². The Morgan fingerprint density at radius 2 is 2.36 bits per heavy atom. The molecule has 0 saturated heterocycles. The molecule has 0 spiro atoms. The maximum absolute atomic E-state index is 10.9. The van der Waals surface area contributed by atoms with Crippen LogP contribution in [0.3, 0.4) is 0 Å². The van der Waals surface area contributed by atoms with E-state index < -0.39 is 5.97 Å². The fourth-order valence-electron chi connectivity index (χ4n) is 0.939. The molecule has 0 aliphatic heterocycles. The van der Waals surface area contributed by atoms with E-state index in [1.165, 1.54) is 0 Å². The van der Waals surface area contributed by atoms with Gasteiger partial charge in [0.05, 0.1) is 12.7 Å². The number of carbonyl (C=O) groups excluding carboxylic acids is 1. The Kier molecular flexibility index (Phi) is 3.34. The second-order valence-corrected chi connectivity index (χ2v) is 2.69. The van der Waals surface area contributed by atoms with Gasteiger partial charge in [-0.15, -0.1) is 0 Å². The predicted octanol–water partition coefficient (Wildman–Crippen LogP) is 2.05. The summed E-state index contributed by atoms with van der Waals surface area (Å²) in [7, 11) is 0. The molecule has 0 amide bonds. The first kappa shape index (κ1) is 10.4. The smallest absolute Gasteiger partial charge is 0.334 e. The molecule has 4 nitrogen and oxygen atoms in total. The Bertz CT molecular complexity index is 349. The third-order valence-corrected chi connectivity index (χ3v) is 1.53. The summed E-state index contributed by atoms with van der Waals surface area (Å²) < 4.78 is 9.72. The van der Waals surface area contributed by atoms with Crippen molar-refractivity contribution in [2.24, 2.45) is 0 Å². The largest absolute Gasteiger partial charge is 0.504 e. The van der Waals surface area contributed by atoms with Gasteiger partial charge in [-0.3, -0.25) is 0 Å². The van der Waals surface area contributed by atoms with Crippen LogP contribution in [0.5, 0.6) is 0 Å². The molecule has 0 aliphatic rings. The summed E-state index contributed by atoms with van der Waals surface area (Å²) >= 11 is 0. The molecule has 0 radical (unpaired) electrons. The minimum Gasteiger partial charge on any atom is -0.504 e. The average molecular weight is 196 g/mol. The summed E-state index contributed by atoms with van der Waals surface area (Å²) in [6, 6.07) is 3.28. The molecule has 0 saturated carbocycles. The van der Waals surface area contributed by atoms with Crippen LogP contribution < -0.4 is 0 Å². The minimum atomic E-state index is -0.584. The van der Waals surface area contributed by atoms with E-state index in [0.717, 1.165) is 6.08 Å². The van der Waals surface area contributed by atoms with Crippen LogP contribution in [0.1, 0.15) is 18.4 Å². The van der Waals surface area contributed by atoms with Gasteiger partial charge >= 0.3 is 5.97 Å². The van der Waals surface area contributed by atoms with Crippen LogP contribution in [0.4, 0.5) is 0 Å². The molecule has 0 aromatic carbocycles. The first-order chi connectivity index (χ1) is 6.63. The number of esters is 1. The summed E-state index contributed by atoms with van der Waals surface area (Å²) in [5, 5.41) is 9.40. The molecule has 1 N–H and O–H groups in total. The lowest BCUT2D eigenvalue weighted by atomic mass is 10.3. The van der Waals surface area contributed by atoms with Crippen molar-refractivity contribution < 1.29 is 19.1 Å². The van der Waals surface area contributed by atoms with Gasteiger partial charge in [-0.05, 0) is 26.0 Å². The first-order valence-electron chi connectivity index (χ1n) is 4.27. The first-order valence-corrected chi connectivity index (χ1v) is 4.27. The van der Waals surface area contributed by atoms with Gasteiger partial charge in [0, 0.05) is 0 Å². The molecule has 1 heterocycles. The highest BCUT2D eigenvalue weighted by atomic mass is 16.5. The van der Waals surface area contributed by atoms with Crippen LogP contribution in [-0.4, -0.2) is 17.7 Å². The van der Waals surface area contributed by atoms with Crippen molar-refractivity contribution in [3.63, 3.8) is 0 Å². The van der Waals surface area contributed by atoms with Crippen LogP contribution in [0, 0.1) is 6.92 Å². The zero-order valence-corrected chi connectivity index (χ0v) is 8.11. The van der Waals surface area contributed by atoms with Crippen LogP contribution in [0.25, 0.3) is 5.76 Å². The van der Waals surface area contributed by atoms with Crippen molar-refractivity contribution in [3.05, 3.63) is 29.7 Å². The van der Waals surface area contributed by atoms with Gasteiger partial charge in [-0.25, -0.2) is 4.79 Å². The SMILES string of the molecule is CCOC(=O)C=C(O)c1ccc(C)o1. The molecule has 4 heteroatoms. The summed E-state index contributed by atoms with van der Waals surface area (Å²) in [5.41, 5.74) is 0. The lowest BCUT2D eigenvalue weighted by Gasteiger charge is -1.96. The maximum Gasteiger partial charge on any atom is 0.334 e. The van der Waals surface area contributed by atoms with Gasteiger partial charge in [0.1, 0.15) is 5.76 Å². The number of furan rings is 1. The van der Waals surface area contributed by atoms with E-state index in [-0.39, 0.29) is 18.1 Å². The molecule has 0 fully saturated rings. The third-order valence-electron chi connectivity index (χ3n) is 1.53. The van der Waals surface area contributed by atoms with Gasteiger partial charge in [0.2, 0.25) is 0 Å². The summed E-state index contributed by atoms with van der Waals surface area (Å²) in [6.07, 6.45) is 0.988. The highest BCUT2D eigenvalue weighted by Crippen LogP contribution is 2.14. The molecule has 1 rings (SSSR count). The normalized spacial score (nSPS) is 11.4. The zero-order valence-electron chi connectivity index (χ0n) is 8.11. The molecule has 0 bridgehead atoms. The quantitative estimate of drug-likeness (QED) is 0.456. The predicted molar refractivity (Wildman–Crippen MR) is 50.7 cm³/mol. The fraction of sp³-hybridized carbons (Fsp3) is 0.300. The van der Waals surface area contributed by atoms with E-state index in [4.69, 9.17) is 4.42 Å². The van der Waals surface area contributed by atoms with Crippen LogP contribution >= 0.6 is 0 Å². The Labute approximate surface area is 81.8 Å². The minimum absolute atomic E-state index is 0.225. The molecule has 14 heavy (non-hydrogen) atoms. The number of aryl methyl sites for hydroxylation is 1. The topological polar surface area (TPSA) is 59.7 Å². The highest BCUT2D eigenvalue weighted by molar-refractivity contribution is 5.88.